The number of rotatable bonds is 4. The fourth-order valence-corrected chi connectivity index (χ4v) is 4.17. The predicted molar refractivity (Wildman–Crippen MR) is 100.0 cm³/mol. The first-order valence-electron chi connectivity index (χ1n) is 9.34. The molecule has 6 nitrogen and oxygen atoms in total. The third-order valence-electron chi connectivity index (χ3n) is 5.46. The lowest BCUT2D eigenvalue weighted by atomic mass is 9.82. The van der Waals surface area contributed by atoms with Crippen molar-refractivity contribution < 1.29 is 14.4 Å². The minimum atomic E-state index is -0.726. The first-order valence-corrected chi connectivity index (χ1v) is 9.34. The van der Waals surface area contributed by atoms with Gasteiger partial charge in [0.15, 0.2) is 0 Å². The van der Waals surface area contributed by atoms with Crippen LogP contribution < -0.4 is 10.6 Å². The van der Waals surface area contributed by atoms with Gasteiger partial charge in [0.1, 0.15) is 5.54 Å². The molecule has 6 heteroatoms. The van der Waals surface area contributed by atoms with Crippen molar-refractivity contribution in [1.82, 2.24) is 10.2 Å². The second kappa shape index (κ2) is 7.09. The van der Waals surface area contributed by atoms with Crippen LogP contribution in [-0.2, 0) is 9.59 Å². The van der Waals surface area contributed by atoms with E-state index < -0.39 is 5.54 Å². The molecular weight excluding hydrogens is 330 g/mol. The van der Waals surface area contributed by atoms with Gasteiger partial charge in [-0.25, -0.2) is 4.79 Å². The number of aryl methyl sites for hydroxylation is 3. The van der Waals surface area contributed by atoms with Crippen molar-refractivity contribution in [3.8, 4) is 0 Å². The van der Waals surface area contributed by atoms with E-state index in [9.17, 15) is 14.4 Å². The molecule has 2 N–H and O–H groups in total. The molecule has 1 spiro atoms. The van der Waals surface area contributed by atoms with Crippen LogP contribution in [0.4, 0.5) is 10.5 Å². The molecule has 1 heterocycles. The molecule has 4 amide bonds. The van der Waals surface area contributed by atoms with E-state index in [1.807, 2.05) is 32.9 Å². The molecule has 1 aromatic carbocycles. The molecule has 3 rings (SSSR count). The third kappa shape index (κ3) is 3.45. The van der Waals surface area contributed by atoms with Crippen LogP contribution in [0.2, 0.25) is 0 Å². The summed E-state index contributed by atoms with van der Waals surface area (Å²) < 4.78 is 0. The topological polar surface area (TPSA) is 78.5 Å². The summed E-state index contributed by atoms with van der Waals surface area (Å²) in [6.45, 7) is 6.05. The highest BCUT2D eigenvalue weighted by Crippen LogP contribution is 2.33. The summed E-state index contributed by atoms with van der Waals surface area (Å²) >= 11 is 0. The Morgan fingerprint density at radius 1 is 1.12 bits per heavy atom. The third-order valence-corrected chi connectivity index (χ3v) is 5.46. The van der Waals surface area contributed by atoms with Gasteiger partial charge in [-0.2, -0.15) is 0 Å². The number of nitrogens with zero attached hydrogens (tertiary/aromatic N) is 1. The molecule has 2 fully saturated rings. The van der Waals surface area contributed by atoms with Gasteiger partial charge in [0.2, 0.25) is 5.91 Å². The Bertz CT molecular complexity index is 728. The van der Waals surface area contributed by atoms with Gasteiger partial charge < -0.3 is 10.6 Å². The number of carbonyl (C=O) groups excluding carboxylic acids is 3. The molecule has 140 valence electrons. The lowest BCUT2D eigenvalue weighted by Gasteiger charge is -2.30. The molecule has 1 aliphatic carbocycles. The molecule has 1 saturated carbocycles. The van der Waals surface area contributed by atoms with Gasteiger partial charge in [0.05, 0.1) is 0 Å². The summed E-state index contributed by atoms with van der Waals surface area (Å²) in [6.07, 6.45) is 4.49. The minimum absolute atomic E-state index is 0.0992. The molecule has 1 aliphatic heterocycles. The van der Waals surface area contributed by atoms with Crippen LogP contribution in [0.1, 0.15) is 55.2 Å². The minimum Gasteiger partial charge on any atom is -0.326 e. The van der Waals surface area contributed by atoms with Gasteiger partial charge in [-0.3, -0.25) is 14.5 Å². The van der Waals surface area contributed by atoms with E-state index in [2.05, 4.69) is 10.6 Å². The van der Waals surface area contributed by atoms with Gasteiger partial charge in [-0.05, 0) is 44.7 Å². The predicted octanol–water partition coefficient (Wildman–Crippen LogP) is 3.20. The first-order chi connectivity index (χ1) is 12.3. The van der Waals surface area contributed by atoms with Crippen molar-refractivity contribution in [3.05, 3.63) is 28.8 Å². The second-order valence-electron chi connectivity index (χ2n) is 7.60. The molecule has 0 radical (unpaired) electrons. The zero-order valence-electron chi connectivity index (χ0n) is 15.8. The van der Waals surface area contributed by atoms with E-state index >= 15 is 0 Å². The van der Waals surface area contributed by atoms with E-state index in [1.54, 1.807) is 0 Å². The maximum absolute atomic E-state index is 12.7. The maximum Gasteiger partial charge on any atom is 0.325 e. The highest BCUT2D eigenvalue weighted by atomic mass is 16.2. The van der Waals surface area contributed by atoms with Crippen LogP contribution in [0.15, 0.2) is 12.1 Å². The average molecular weight is 357 g/mol. The van der Waals surface area contributed by atoms with Gasteiger partial charge >= 0.3 is 6.03 Å². The van der Waals surface area contributed by atoms with E-state index in [0.29, 0.717) is 12.8 Å². The monoisotopic (exact) mass is 357 g/mol. The molecule has 0 unspecified atom stereocenters. The summed E-state index contributed by atoms with van der Waals surface area (Å²) in [7, 11) is 0. The number of urea groups is 1. The van der Waals surface area contributed by atoms with E-state index in [1.165, 1.54) is 4.90 Å². The number of anilines is 1. The highest BCUT2D eigenvalue weighted by Gasteiger charge is 2.51. The Kier molecular flexibility index (Phi) is 5.03. The summed E-state index contributed by atoms with van der Waals surface area (Å²) in [5.41, 5.74) is 3.24. The maximum atomic E-state index is 12.7. The van der Waals surface area contributed by atoms with Crippen LogP contribution in [0.5, 0.6) is 0 Å². The van der Waals surface area contributed by atoms with Gasteiger partial charge in [-0.1, -0.05) is 37.0 Å². The summed E-state index contributed by atoms with van der Waals surface area (Å²) in [5, 5.41) is 5.79. The molecule has 1 saturated heterocycles. The number of hydrogen-bond acceptors (Lipinski definition) is 3. The first kappa shape index (κ1) is 18.4. The SMILES string of the molecule is Cc1cc(C)c(NC(=O)CCN2C(=O)NC3(CCCCC3)C2=O)c(C)c1. The number of imide groups is 1. The van der Waals surface area contributed by atoms with Crippen LogP contribution in [0.25, 0.3) is 0 Å². The van der Waals surface area contributed by atoms with Crippen molar-refractivity contribution in [2.45, 2.75) is 64.8 Å². The summed E-state index contributed by atoms with van der Waals surface area (Å²) in [5.74, 6) is -0.358. The second-order valence-corrected chi connectivity index (χ2v) is 7.60. The Morgan fingerprint density at radius 2 is 1.73 bits per heavy atom. The van der Waals surface area contributed by atoms with Crippen molar-refractivity contribution >= 4 is 23.5 Å². The van der Waals surface area contributed by atoms with Crippen LogP contribution >= 0.6 is 0 Å². The quantitative estimate of drug-likeness (QED) is 0.812. The number of benzene rings is 1. The Hall–Kier alpha value is -2.37. The van der Waals surface area contributed by atoms with Crippen LogP contribution in [0, 0.1) is 20.8 Å². The van der Waals surface area contributed by atoms with Crippen molar-refractivity contribution in [3.63, 3.8) is 0 Å². The molecule has 1 aromatic rings. The fourth-order valence-electron chi connectivity index (χ4n) is 4.17. The molecule has 26 heavy (non-hydrogen) atoms. The lowest BCUT2D eigenvalue weighted by Crippen LogP contribution is -2.48. The molecule has 0 bridgehead atoms. The number of hydrogen-bond donors (Lipinski definition) is 2. The smallest absolute Gasteiger partial charge is 0.325 e. The average Bonchev–Trinajstić information content (AvgIpc) is 2.80. The van der Waals surface area contributed by atoms with E-state index in [-0.39, 0.29) is 30.8 Å². The molecular formula is C20H27N3O3. The Morgan fingerprint density at radius 3 is 2.35 bits per heavy atom. The number of carbonyl (C=O) groups is 3. The van der Waals surface area contributed by atoms with Gasteiger partial charge in [0, 0.05) is 18.7 Å². The summed E-state index contributed by atoms with van der Waals surface area (Å²) in [6, 6.07) is 3.67. The normalized spacial score (nSPS) is 19.0. The van der Waals surface area contributed by atoms with Crippen molar-refractivity contribution in [2.24, 2.45) is 0 Å². The molecule has 2 aliphatic rings. The summed E-state index contributed by atoms with van der Waals surface area (Å²) in [4.78, 5) is 38.5. The Balaban J connectivity index is 1.61. The lowest BCUT2D eigenvalue weighted by molar-refractivity contribution is -0.132. The van der Waals surface area contributed by atoms with E-state index in [4.69, 9.17) is 0 Å². The molecule has 0 atom stereocenters. The number of nitrogens with one attached hydrogen (secondary N) is 2. The van der Waals surface area contributed by atoms with Crippen LogP contribution in [0.3, 0.4) is 0 Å². The van der Waals surface area contributed by atoms with Crippen molar-refractivity contribution in [1.29, 1.82) is 0 Å². The zero-order chi connectivity index (χ0) is 18.9. The van der Waals surface area contributed by atoms with Gasteiger partial charge in [-0.15, -0.1) is 0 Å². The van der Waals surface area contributed by atoms with Crippen LogP contribution in [-0.4, -0.2) is 34.8 Å². The largest absolute Gasteiger partial charge is 0.326 e. The Labute approximate surface area is 154 Å². The number of amides is 4. The molecule has 0 aromatic heterocycles. The van der Waals surface area contributed by atoms with Crippen molar-refractivity contribution in [2.75, 3.05) is 11.9 Å². The zero-order valence-corrected chi connectivity index (χ0v) is 15.8. The standard InChI is InChI=1S/C20H27N3O3/c1-13-11-14(2)17(15(3)12-13)21-16(24)7-10-23-18(25)20(22-19(23)26)8-5-4-6-9-20/h11-12H,4-10H2,1-3H3,(H,21,24)(H,22,26). The highest BCUT2D eigenvalue weighted by molar-refractivity contribution is 6.07. The van der Waals surface area contributed by atoms with Gasteiger partial charge in [0.25, 0.3) is 5.91 Å². The van der Waals surface area contributed by atoms with E-state index in [0.717, 1.165) is 41.6 Å². The fraction of sp³-hybridized carbons (Fsp3) is 0.550.